The largest absolute Gasteiger partial charge is 0.376 e. The molecule has 2 nitrogen and oxygen atoms in total. The molecule has 0 aromatic heterocycles. The highest BCUT2D eigenvalue weighted by atomic mass is 16.5. The summed E-state index contributed by atoms with van der Waals surface area (Å²) >= 11 is 0. The Morgan fingerprint density at radius 3 is 2.81 bits per heavy atom. The molecule has 1 aliphatic rings. The standard InChI is InChI=1S/C14H21NO/c1-12-4-6-13(7-5-12)10-16-11-14-3-2-8-15-9-14/h4-7,14-15H,2-3,8-11H2,1H3/t14-/m1/s1. The van der Waals surface area contributed by atoms with Crippen molar-refractivity contribution < 1.29 is 4.74 Å². The van der Waals surface area contributed by atoms with E-state index in [9.17, 15) is 0 Å². The van der Waals surface area contributed by atoms with Crippen LogP contribution in [0, 0.1) is 12.8 Å². The Bertz CT molecular complexity index is 301. The van der Waals surface area contributed by atoms with Gasteiger partial charge in [-0.25, -0.2) is 0 Å². The van der Waals surface area contributed by atoms with E-state index < -0.39 is 0 Å². The van der Waals surface area contributed by atoms with Gasteiger partial charge >= 0.3 is 0 Å². The van der Waals surface area contributed by atoms with Gasteiger partial charge in [0.2, 0.25) is 0 Å². The molecule has 1 aliphatic heterocycles. The summed E-state index contributed by atoms with van der Waals surface area (Å²) in [6.45, 7) is 6.04. The molecule has 1 fully saturated rings. The summed E-state index contributed by atoms with van der Waals surface area (Å²) < 4.78 is 5.76. The lowest BCUT2D eigenvalue weighted by atomic mass is 10.0. The first-order valence-electron chi connectivity index (χ1n) is 6.18. The topological polar surface area (TPSA) is 21.3 Å². The molecule has 0 amide bonds. The van der Waals surface area contributed by atoms with Gasteiger partial charge in [-0.3, -0.25) is 0 Å². The van der Waals surface area contributed by atoms with E-state index in [-0.39, 0.29) is 0 Å². The van der Waals surface area contributed by atoms with Crippen molar-refractivity contribution in [3.05, 3.63) is 35.4 Å². The maximum absolute atomic E-state index is 5.76. The van der Waals surface area contributed by atoms with Crippen molar-refractivity contribution in [2.75, 3.05) is 19.7 Å². The van der Waals surface area contributed by atoms with E-state index in [2.05, 4.69) is 36.5 Å². The van der Waals surface area contributed by atoms with Crippen molar-refractivity contribution in [3.63, 3.8) is 0 Å². The quantitative estimate of drug-likeness (QED) is 0.840. The first kappa shape index (κ1) is 11.6. The van der Waals surface area contributed by atoms with E-state index in [1.54, 1.807) is 0 Å². The van der Waals surface area contributed by atoms with Crippen LogP contribution in [0.1, 0.15) is 24.0 Å². The van der Waals surface area contributed by atoms with Gasteiger partial charge in [-0.15, -0.1) is 0 Å². The van der Waals surface area contributed by atoms with Crippen LogP contribution in [0.15, 0.2) is 24.3 Å². The average molecular weight is 219 g/mol. The summed E-state index contributed by atoms with van der Waals surface area (Å²) in [4.78, 5) is 0. The van der Waals surface area contributed by atoms with E-state index in [0.29, 0.717) is 5.92 Å². The normalized spacial score (nSPS) is 20.9. The third kappa shape index (κ3) is 3.62. The smallest absolute Gasteiger partial charge is 0.0717 e. The summed E-state index contributed by atoms with van der Waals surface area (Å²) in [5, 5.41) is 3.41. The molecule has 1 atom stereocenters. The van der Waals surface area contributed by atoms with Crippen LogP contribution < -0.4 is 5.32 Å². The fourth-order valence-corrected chi connectivity index (χ4v) is 2.09. The summed E-state index contributed by atoms with van der Waals surface area (Å²) in [6.07, 6.45) is 2.60. The fraction of sp³-hybridized carbons (Fsp3) is 0.571. The predicted octanol–water partition coefficient (Wildman–Crippen LogP) is 2.51. The maximum atomic E-state index is 5.76. The summed E-state index contributed by atoms with van der Waals surface area (Å²) in [7, 11) is 0. The number of ether oxygens (including phenoxy) is 1. The van der Waals surface area contributed by atoms with Crippen molar-refractivity contribution in [3.8, 4) is 0 Å². The van der Waals surface area contributed by atoms with E-state index in [4.69, 9.17) is 4.74 Å². The minimum absolute atomic E-state index is 0.708. The van der Waals surface area contributed by atoms with Crippen LogP contribution in [0.2, 0.25) is 0 Å². The van der Waals surface area contributed by atoms with Crippen molar-refractivity contribution >= 4 is 0 Å². The van der Waals surface area contributed by atoms with Crippen LogP contribution in [0.4, 0.5) is 0 Å². The second kappa shape index (κ2) is 6.02. The van der Waals surface area contributed by atoms with Gasteiger partial charge in [0.05, 0.1) is 13.2 Å². The summed E-state index contributed by atoms with van der Waals surface area (Å²) in [5.41, 5.74) is 2.58. The van der Waals surface area contributed by atoms with Gasteiger partial charge < -0.3 is 10.1 Å². The van der Waals surface area contributed by atoms with Crippen molar-refractivity contribution in [2.45, 2.75) is 26.4 Å². The first-order chi connectivity index (χ1) is 7.84. The maximum Gasteiger partial charge on any atom is 0.0717 e. The van der Waals surface area contributed by atoms with E-state index in [0.717, 1.165) is 19.8 Å². The average Bonchev–Trinajstić information content (AvgIpc) is 2.33. The number of hydrogen-bond acceptors (Lipinski definition) is 2. The Labute approximate surface area is 98.0 Å². The molecule has 16 heavy (non-hydrogen) atoms. The van der Waals surface area contributed by atoms with Gasteiger partial charge in [-0.1, -0.05) is 29.8 Å². The zero-order valence-electron chi connectivity index (χ0n) is 10.0. The summed E-state index contributed by atoms with van der Waals surface area (Å²) in [6, 6.07) is 8.57. The van der Waals surface area contributed by atoms with Crippen molar-refractivity contribution in [1.82, 2.24) is 5.32 Å². The van der Waals surface area contributed by atoms with Gasteiger partial charge in [-0.2, -0.15) is 0 Å². The molecule has 2 rings (SSSR count). The molecule has 88 valence electrons. The second-order valence-electron chi connectivity index (χ2n) is 4.71. The lowest BCUT2D eigenvalue weighted by Crippen LogP contribution is -2.32. The minimum atomic E-state index is 0.708. The Kier molecular flexibility index (Phi) is 4.37. The number of piperidine rings is 1. The number of hydrogen-bond donors (Lipinski definition) is 1. The van der Waals surface area contributed by atoms with E-state index >= 15 is 0 Å². The second-order valence-corrected chi connectivity index (χ2v) is 4.71. The Morgan fingerprint density at radius 1 is 1.31 bits per heavy atom. The monoisotopic (exact) mass is 219 g/mol. The number of aryl methyl sites for hydroxylation is 1. The SMILES string of the molecule is Cc1ccc(COC[C@@H]2CCCNC2)cc1. The molecule has 0 bridgehead atoms. The zero-order chi connectivity index (χ0) is 11.2. The van der Waals surface area contributed by atoms with Gasteiger partial charge in [0.1, 0.15) is 0 Å². The van der Waals surface area contributed by atoms with Crippen molar-refractivity contribution in [2.24, 2.45) is 5.92 Å². The minimum Gasteiger partial charge on any atom is -0.376 e. The Morgan fingerprint density at radius 2 is 2.12 bits per heavy atom. The molecule has 1 heterocycles. The van der Waals surface area contributed by atoms with Crippen LogP contribution in [0.5, 0.6) is 0 Å². The number of rotatable bonds is 4. The van der Waals surface area contributed by atoms with Gasteiger partial charge in [0.25, 0.3) is 0 Å². The molecule has 2 heteroatoms. The van der Waals surface area contributed by atoms with Crippen LogP contribution in [0.25, 0.3) is 0 Å². The highest BCUT2D eigenvalue weighted by Crippen LogP contribution is 2.11. The lowest BCUT2D eigenvalue weighted by molar-refractivity contribution is 0.0783. The molecule has 1 aromatic carbocycles. The fourth-order valence-electron chi connectivity index (χ4n) is 2.09. The van der Waals surface area contributed by atoms with E-state index in [1.165, 1.54) is 30.5 Å². The zero-order valence-corrected chi connectivity index (χ0v) is 10.0. The lowest BCUT2D eigenvalue weighted by Gasteiger charge is -2.22. The van der Waals surface area contributed by atoms with Gasteiger partial charge in [0.15, 0.2) is 0 Å². The van der Waals surface area contributed by atoms with Crippen LogP contribution in [-0.2, 0) is 11.3 Å². The highest BCUT2D eigenvalue weighted by Gasteiger charge is 2.12. The third-order valence-corrected chi connectivity index (χ3v) is 3.14. The highest BCUT2D eigenvalue weighted by molar-refractivity contribution is 5.20. The molecule has 0 radical (unpaired) electrons. The molecule has 1 aromatic rings. The summed E-state index contributed by atoms with van der Waals surface area (Å²) in [5.74, 6) is 0.708. The van der Waals surface area contributed by atoms with Gasteiger partial charge in [-0.05, 0) is 37.8 Å². The Hall–Kier alpha value is -0.860. The van der Waals surface area contributed by atoms with Crippen LogP contribution >= 0.6 is 0 Å². The molecule has 0 saturated carbocycles. The number of benzene rings is 1. The molecule has 0 aliphatic carbocycles. The molecule has 0 spiro atoms. The van der Waals surface area contributed by atoms with Crippen LogP contribution in [-0.4, -0.2) is 19.7 Å². The van der Waals surface area contributed by atoms with Crippen LogP contribution in [0.3, 0.4) is 0 Å². The number of nitrogens with one attached hydrogen (secondary N) is 1. The molecular formula is C14H21NO. The molecule has 1 saturated heterocycles. The molecule has 1 N–H and O–H groups in total. The third-order valence-electron chi connectivity index (χ3n) is 3.14. The Balaban J connectivity index is 1.69. The predicted molar refractivity (Wildman–Crippen MR) is 66.4 cm³/mol. The first-order valence-corrected chi connectivity index (χ1v) is 6.18. The molecular weight excluding hydrogens is 198 g/mol. The molecule has 0 unspecified atom stereocenters. The van der Waals surface area contributed by atoms with Gasteiger partial charge in [0, 0.05) is 6.54 Å². The van der Waals surface area contributed by atoms with Crippen molar-refractivity contribution in [1.29, 1.82) is 0 Å². The van der Waals surface area contributed by atoms with E-state index in [1.807, 2.05) is 0 Å².